The minimum atomic E-state index is -0.0433. The molecule has 0 spiro atoms. The van der Waals surface area contributed by atoms with Crippen LogP contribution in [0, 0.1) is 5.92 Å². The van der Waals surface area contributed by atoms with E-state index in [1.54, 1.807) is 13.2 Å². The van der Waals surface area contributed by atoms with E-state index in [0.29, 0.717) is 28.5 Å². The topological polar surface area (TPSA) is 57.7 Å². The summed E-state index contributed by atoms with van der Waals surface area (Å²) in [4.78, 5) is 19.0. The number of carbonyl (C=O) groups excluding carboxylic acids is 1. The highest BCUT2D eigenvalue weighted by Gasteiger charge is 2.26. The van der Waals surface area contributed by atoms with Gasteiger partial charge in [-0.3, -0.25) is 9.78 Å². The number of hydrogen-bond acceptors (Lipinski definition) is 5. The molecule has 37 heavy (non-hydrogen) atoms. The van der Waals surface area contributed by atoms with E-state index in [9.17, 15) is 4.79 Å². The van der Waals surface area contributed by atoms with Crippen molar-refractivity contribution < 1.29 is 19.0 Å². The predicted octanol–water partition coefficient (Wildman–Crippen LogP) is 7.52. The van der Waals surface area contributed by atoms with E-state index < -0.39 is 0 Å². The van der Waals surface area contributed by atoms with Crippen molar-refractivity contribution in [3.8, 4) is 17.2 Å². The fourth-order valence-corrected chi connectivity index (χ4v) is 4.97. The number of carbonyl (C=O) groups is 1. The molecule has 1 aromatic heterocycles. The van der Waals surface area contributed by atoms with Gasteiger partial charge in [0, 0.05) is 22.7 Å². The van der Waals surface area contributed by atoms with Crippen LogP contribution in [0.3, 0.4) is 0 Å². The number of rotatable bonds is 12. The number of aryl methyl sites for hydroxylation is 1. The minimum absolute atomic E-state index is 0.000464. The maximum atomic E-state index is 13.9. The number of ketones is 1. The average molecular weight is 502 g/mol. The highest BCUT2D eigenvalue weighted by atomic mass is 16.7. The van der Waals surface area contributed by atoms with Crippen molar-refractivity contribution in [3.63, 3.8) is 0 Å². The number of nitrogens with zero attached hydrogens (tertiary/aromatic N) is 1. The van der Waals surface area contributed by atoms with Crippen molar-refractivity contribution >= 4 is 5.78 Å². The lowest BCUT2D eigenvalue weighted by atomic mass is 9.83. The molecule has 3 aromatic rings. The molecule has 2 heterocycles. The van der Waals surface area contributed by atoms with Gasteiger partial charge in [-0.1, -0.05) is 46.6 Å². The number of aromatic nitrogens is 1. The molecule has 2 aromatic carbocycles. The number of fused-ring (bicyclic) bond motifs is 1. The van der Waals surface area contributed by atoms with Crippen LogP contribution < -0.4 is 14.2 Å². The third-order valence-corrected chi connectivity index (χ3v) is 7.38. The normalized spacial score (nSPS) is 13.9. The van der Waals surface area contributed by atoms with Crippen molar-refractivity contribution in [1.29, 1.82) is 0 Å². The SMILES string of the molecule is CCCCc1ccc(C(=O)c2ccc3c(c2)OCO3)c([C@H](CC)c2ccc(OC)cc2CC(C)CC)n1. The summed E-state index contributed by atoms with van der Waals surface area (Å²) in [5.41, 5.74) is 5.62. The number of benzene rings is 2. The summed E-state index contributed by atoms with van der Waals surface area (Å²) in [5, 5.41) is 0. The zero-order chi connectivity index (χ0) is 26.4. The number of pyridine rings is 1. The fourth-order valence-electron chi connectivity index (χ4n) is 4.97. The molecule has 5 heteroatoms. The summed E-state index contributed by atoms with van der Waals surface area (Å²) in [6.45, 7) is 9.05. The van der Waals surface area contributed by atoms with E-state index in [2.05, 4.69) is 39.8 Å². The van der Waals surface area contributed by atoms with Gasteiger partial charge in [-0.25, -0.2) is 0 Å². The molecule has 2 atom stereocenters. The molecule has 0 bridgehead atoms. The van der Waals surface area contributed by atoms with Gasteiger partial charge in [-0.15, -0.1) is 0 Å². The lowest BCUT2D eigenvalue weighted by Gasteiger charge is -2.24. The van der Waals surface area contributed by atoms with Crippen molar-refractivity contribution in [2.45, 2.75) is 72.1 Å². The van der Waals surface area contributed by atoms with Gasteiger partial charge in [0.2, 0.25) is 6.79 Å². The first kappa shape index (κ1) is 26.7. The van der Waals surface area contributed by atoms with Crippen LogP contribution in [0.2, 0.25) is 0 Å². The second-order valence-corrected chi connectivity index (χ2v) is 9.98. The predicted molar refractivity (Wildman–Crippen MR) is 147 cm³/mol. The van der Waals surface area contributed by atoms with Gasteiger partial charge in [0.1, 0.15) is 5.75 Å². The van der Waals surface area contributed by atoms with Crippen molar-refractivity contribution in [3.05, 3.63) is 82.2 Å². The van der Waals surface area contributed by atoms with Gasteiger partial charge in [-0.2, -0.15) is 0 Å². The summed E-state index contributed by atoms with van der Waals surface area (Å²) < 4.78 is 16.6. The van der Waals surface area contributed by atoms with Crippen LogP contribution in [0.15, 0.2) is 48.5 Å². The highest BCUT2D eigenvalue weighted by molar-refractivity contribution is 6.10. The van der Waals surface area contributed by atoms with Gasteiger partial charge < -0.3 is 14.2 Å². The van der Waals surface area contributed by atoms with Crippen LogP contribution in [-0.2, 0) is 12.8 Å². The Hall–Kier alpha value is -3.34. The molecule has 0 aliphatic carbocycles. The maximum absolute atomic E-state index is 13.9. The Kier molecular flexibility index (Phi) is 8.86. The van der Waals surface area contributed by atoms with Crippen molar-refractivity contribution in [1.82, 2.24) is 4.98 Å². The van der Waals surface area contributed by atoms with Crippen molar-refractivity contribution in [2.24, 2.45) is 5.92 Å². The van der Waals surface area contributed by atoms with E-state index in [1.807, 2.05) is 30.3 Å². The molecule has 0 fully saturated rings. The zero-order valence-electron chi connectivity index (χ0n) is 22.8. The van der Waals surface area contributed by atoms with Crippen molar-refractivity contribution in [2.75, 3.05) is 13.9 Å². The maximum Gasteiger partial charge on any atom is 0.231 e. The Morgan fingerprint density at radius 1 is 1.00 bits per heavy atom. The van der Waals surface area contributed by atoms with E-state index in [-0.39, 0.29) is 18.5 Å². The Bertz CT molecular complexity index is 1240. The standard InChI is InChI=1S/C32H39NO4/c1-6-9-10-24-12-14-28(32(34)22-11-16-29-30(19-22)37-20-36-29)31(33-24)26(8-3)27-15-13-25(35-5)18-23(27)17-21(4)7-2/h11-16,18-19,21,26H,6-10,17,20H2,1-5H3/t21?,26-/m1/s1. The number of ether oxygens (including phenoxy) is 3. The molecule has 0 saturated carbocycles. The first-order valence-electron chi connectivity index (χ1n) is 13.6. The fraction of sp³-hybridized carbons (Fsp3) is 0.438. The minimum Gasteiger partial charge on any atom is -0.497 e. The summed E-state index contributed by atoms with van der Waals surface area (Å²) in [5.74, 6) is 2.64. The first-order valence-corrected chi connectivity index (χ1v) is 13.6. The van der Waals surface area contributed by atoms with Crippen LogP contribution >= 0.6 is 0 Å². The lowest BCUT2D eigenvalue weighted by molar-refractivity contribution is 0.103. The van der Waals surface area contributed by atoms with E-state index in [0.717, 1.165) is 55.7 Å². The molecule has 5 nitrogen and oxygen atoms in total. The molecule has 0 amide bonds. The quantitative estimate of drug-likeness (QED) is 0.240. The van der Waals surface area contributed by atoms with Crippen LogP contribution in [0.25, 0.3) is 0 Å². The third kappa shape index (κ3) is 5.98. The number of hydrogen-bond donors (Lipinski definition) is 0. The Morgan fingerprint density at radius 3 is 2.54 bits per heavy atom. The molecular formula is C32H39NO4. The molecule has 1 aliphatic heterocycles. The van der Waals surface area contributed by atoms with E-state index in [4.69, 9.17) is 19.2 Å². The highest BCUT2D eigenvalue weighted by Crippen LogP contribution is 2.37. The molecule has 0 radical (unpaired) electrons. The Balaban J connectivity index is 1.82. The molecule has 4 rings (SSSR count). The number of unbranched alkanes of at least 4 members (excludes halogenated alkanes) is 1. The Morgan fingerprint density at radius 2 is 1.81 bits per heavy atom. The largest absolute Gasteiger partial charge is 0.497 e. The van der Waals surface area contributed by atoms with Gasteiger partial charge in [0.25, 0.3) is 0 Å². The van der Waals surface area contributed by atoms with Crippen LogP contribution in [0.5, 0.6) is 17.2 Å². The first-order chi connectivity index (χ1) is 18.0. The summed E-state index contributed by atoms with van der Waals surface area (Å²) >= 11 is 0. The van der Waals surface area contributed by atoms with Crippen LogP contribution in [-0.4, -0.2) is 24.7 Å². The number of methoxy groups -OCH3 is 1. The molecule has 1 unspecified atom stereocenters. The summed E-state index contributed by atoms with van der Waals surface area (Å²) in [6.07, 6.45) is 5.98. The third-order valence-electron chi connectivity index (χ3n) is 7.38. The zero-order valence-corrected chi connectivity index (χ0v) is 22.8. The monoisotopic (exact) mass is 501 g/mol. The Labute approximate surface area is 221 Å². The molecule has 196 valence electrons. The molecule has 1 aliphatic rings. The lowest BCUT2D eigenvalue weighted by Crippen LogP contribution is -2.15. The van der Waals surface area contributed by atoms with Gasteiger partial charge in [0.15, 0.2) is 17.3 Å². The second kappa shape index (κ2) is 12.3. The molecule has 0 saturated heterocycles. The average Bonchev–Trinajstić information content (AvgIpc) is 3.40. The summed E-state index contributed by atoms with van der Waals surface area (Å²) in [6, 6.07) is 15.7. The molecular weight excluding hydrogens is 462 g/mol. The summed E-state index contributed by atoms with van der Waals surface area (Å²) in [7, 11) is 1.71. The van der Waals surface area contributed by atoms with Gasteiger partial charge in [0.05, 0.1) is 12.8 Å². The molecule has 0 N–H and O–H groups in total. The van der Waals surface area contributed by atoms with Gasteiger partial charge in [-0.05, 0) is 85.2 Å². The second-order valence-electron chi connectivity index (χ2n) is 9.98. The smallest absolute Gasteiger partial charge is 0.231 e. The van der Waals surface area contributed by atoms with E-state index >= 15 is 0 Å². The van der Waals surface area contributed by atoms with Gasteiger partial charge >= 0.3 is 0 Å². The van der Waals surface area contributed by atoms with Crippen LogP contribution in [0.1, 0.15) is 97.7 Å². The van der Waals surface area contributed by atoms with E-state index in [1.165, 1.54) is 11.1 Å². The van der Waals surface area contributed by atoms with Crippen LogP contribution in [0.4, 0.5) is 0 Å².